The zero-order chi connectivity index (χ0) is 18.5. The van der Waals surface area contributed by atoms with Gasteiger partial charge in [-0.15, -0.1) is 0 Å². The van der Waals surface area contributed by atoms with Crippen LogP contribution in [0, 0.1) is 5.41 Å². The summed E-state index contributed by atoms with van der Waals surface area (Å²) in [7, 11) is 1.71. The van der Waals surface area contributed by atoms with Crippen LogP contribution in [0.1, 0.15) is 18.4 Å². The molecule has 0 amide bonds. The lowest BCUT2D eigenvalue weighted by Gasteiger charge is -2.44. The van der Waals surface area contributed by atoms with Crippen molar-refractivity contribution in [3.8, 4) is 5.75 Å². The molecule has 1 atom stereocenters. The topological polar surface area (TPSA) is 37.8 Å². The molecule has 3 heterocycles. The van der Waals surface area contributed by atoms with E-state index >= 15 is 0 Å². The monoisotopic (exact) mass is 367 g/mol. The van der Waals surface area contributed by atoms with Crippen molar-refractivity contribution in [2.75, 3.05) is 51.4 Å². The molecule has 1 aromatic carbocycles. The summed E-state index contributed by atoms with van der Waals surface area (Å²) in [6.45, 7) is 6.83. The van der Waals surface area contributed by atoms with Crippen LogP contribution in [0.2, 0.25) is 0 Å². The van der Waals surface area contributed by atoms with Gasteiger partial charge in [0, 0.05) is 37.8 Å². The third kappa shape index (κ3) is 4.42. The number of rotatable bonds is 4. The van der Waals surface area contributed by atoms with Crippen LogP contribution >= 0.6 is 0 Å². The Balaban J connectivity index is 1.46. The van der Waals surface area contributed by atoms with Crippen LogP contribution in [0.4, 0.5) is 5.69 Å². The van der Waals surface area contributed by atoms with Crippen molar-refractivity contribution in [1.29, 1.82) is 0 Å². The van der Waals surface area contributed by atoms with Gasteiger partial charge in [0.15, 0.2) is 0 Å². The molecule has 27 heavy (non-hydrogen) atoms. The van der Waals surface area contributed by atoms with Crippen LogP contribution < -0.4 is 9.64 Å². The molecular formula is C22H29N3O2. The van der Waals surface area contributed by atoms with Crippen molar-refractivity contribution >= 4 is 5.69 Å². The summed E-state index contributed by atoms with van der Waals surface area (Å²) < 4.78 is 11.3. The predicted molar refractivity (Wildman–Crippen MR) is 107 cm³/mol. The molecule has 2 aliphatic heterocycles. The van der Waals surface area contributed by atoms with Crippen molar-refractivity contribution in [1.82, 2.24) is 9.88 Å². The van der Waals surface area contributed by atoms with Crippen molar-refractivity contribution in [2.24, 2.45) is 5.41 Å². The number of benzene rings is 1. The van der Waals surface area contributed by atoms with Gasteiger partial charge in [-0.3, -0.25) is 9.88 Å². The summed E-state index contributed by atoms with van der Waals surface area (Å²) in [6.07, 6.45) is 6.25. The van der Waals surface area contributed by atoms with Crippen molar-refractivity contribution in [2.45, 2.75) is 19.4 Å². The average molecular weight is 367 g/mol. The van der Waals surface area contributed by atoms with Gasteiger partial charge in [0.1, 0.15) is 5.75 Å². The standard InChI is InChI=1S/C22H29N3O2/c1-26-21-7-5-19(6-8-21)15-24-11-3-9-22(16-24)17-25(12-13-27-18-22)20-4-2-10-23-14-20/h2,4-8,10,14H,3,9,11-13,15-18H2,1H3. The number of likely N-dealkylation sites (tertiary alicyclic amines) is 1. The predicted octanol–water partition coefficient (Wildman–Crippen LogP) is 3.21. The fourth-order valence-electron chi connectivity index (χ4n) is 4.44. The number of pyridine rings is 1. The number of aromatic nitrogens is 1. The zero-order valence-electron chi connectivity index (χ0n) is 16.1. The Morgan fingerprint density at radius 1 is 1.15 bits per heavy atom. The number of hydrogen-bond acceptors (Lipinski definition) is 5. The first-order chi connectivity index (χ1) is 13.3. The van der Waals surface area contributed by atoms with Crippen molar-refractivity contribution in [3.05, 3.63) is 54.4 Å². The van der Waals surface area contributed by atoms with Gasteiger partial charge >= 0.3 is 0 Å². The number of piperidine rings is 1. The zero-order valence-corrected chi connectivity index (χ0v) is 16.1. The normalized spacial score (nSPS) is 24.0. The summed E-state index contributed by atoms with van der Waals surface area (Å²) >= 11 is 0. The Morgan fingerprint density at radius 2 is 2.04 bits per heavy atom. The first-order valence-corrected chi connectivity index (χ1v) is 9.84. The highest BCUT2D eigenvalue weighted by molar-refractivity contribution is 5.44. The second kappa shape index (κ2) is 8.28. The second-order valence-electron chi connectivity index (χ2n) is 7.85. The minimum Gasteiger partial charge on any atom is -0.497 e. The number of hydrogen-bond donors (Lipinski definition) is 0. The summed E-state index contributed by atoms with van der Waals surface area (Å²) in [4.78, 5) is 9.35. The van der Waals surface area contributed by atoms with E-state index < -0.39 is 0 Å². The van der Waals surface area contributed by atoms with Gasteiger partial charge in [0.2, 0.25) is 0 Å². The van der Waals surface area contributed by atoms with E-state index in [4.69, 9.17) is 9.47 Å². The van der Waals surface area contributed by atoms with E-state index in [1.807, 2.05) is 30.6 Å². The number of nitrogens with zero attached hydrogens (tertiary/aromatic N) is 3. The third-order valence-corrected chi connectivity index (χ3v) is 5.76. The maximum Gasteiger partial charge on any atom is 0.118 e. The first kappa shape index (κ1) is 18.3. The maximum atomic E-state index is 6.06. The van der Waals surface area contributed by atoms with Crippen LogP contribution in [-0.4, -0.2) is 56.4 Å². The molecule has 4 rings (SSSR count). The molecule has 5 heteroatoms. The summed E-state index contributed by atoms with van der Waals surface area (Å²) in [5.74, 6) is 0.915. The third-order valence-electron chi connectivity index (χ3n) is 5.76. The highest BCUT2D eigenvalue weighted by Crippen LogP contribution is 2.35. The first-order valence-electron chi connectivity index (χ1n) is 9.84. The Kier molecular flexibility index (Phi) is 5.60. The molecule has 2 saturated heterocycles. The van der Waals surface area contributed by atoms with Crippen LogP contribution in [0.5, 0.6) is 5.75 Å². The molecule has 2 aromatic rings. The Hall–Kier alpha value is -2.11. The highest BCUT2D eigenvalue weighted by atomic mass is 16.5. The molecule has 2 aliphatic rings. The van der Waals surface area contributed by atoms with Gasteiger partial charge in [-0.05, 0) is 49.2 Å². The second-order valence-corrected chi connectivity index (χ2v) is 7.85. The van der Waals surface area contributed by atoms with Gasteiger partial charge in [-0.2, -0.15) is 0 Å². The van der Waals surface area contributed by atoms with Crippen LogP contribution in [0.3, 0.4) is 0 Å². The number of ether oxygens (including phenoxy) is 2. The fraction of sp³-hybridized carbons (Fsp3) is 0.500. The fourth-order valence-corrected chi connectivity index (χ4v) is 4.44. The van der Waals surface area contributed by atoms with Crippen LogP contribution in [0.15, 0.2) is 48.8 Å². The lowest BCUT2D eigenvalue weighted by Crippen LogP contribution is -2.50. The minimum atomic E-state index is 0.192. The van der Waals surface area contributed by atoms with Gasteiger partial charge < -0.3 is 14.4 Å². The molecule has 1 unspecified atom stereocenters. The summed E-state index contributed by atoms with van der Waals surface area (Å²) in [5.41, 5.74) is 2.73. The minimum absolute atomic E-state index is 0.192. The van der Waals surface area contributed by atoms with Crippen LogP contribution in [-0.2, 0) is 11.3 Å². The molecular weight excluding hydrogens is 338 g/mol. The largest absolute Gasteiger partial charge is 0.497 e. The highest BCUT2D eigenvalue weighted by Gasteiger charge is 2.39. The van der Waals surface area contributed by atoms with Gasteiger partial charge in [-0.1, -0.05) is 12.1 Å². The van der Waals surface area contributed by atoms with Crippen LogP contribution in [0.25, 0.3) is 0 Å². The Bertz CT molecular complexity index is 722. The van der Waals surface area contributed by atoms with Crippen molar-refractivity contribution in [3.63, 3.8) is 0 Å². The SMILES string of the molecule is COc1ccc(CN2CCCC3(COCCN(c4cccnc4)C3)C2)cc1. The van der Waals surface area contributed by atoms with Crippen molar-refractivity contribution < 1.29 is 9.47 Å². The molecule has 5 nitrogen and oxygen atoms in total. The van der Waals surface area contributed by atoms with E-state index in [1.165, 1.54) is 24.1 Å². The Labute approximate surface area is 161 Å². The summed E-state index contributed by atoms with van der Waals surface area (Å²) in [6, 6.07) is 12.6. The Morgan fingerprint density at radius 3 is 2.81 bits per heavy atom. The van der Waals surface area contributed by atoms with E-state index in [0.29, 0.717) is 0 Å². The van der Waals surface area contributed by atoms with E-state index in [1.54, 1.807) is 7.11 Å². The average Bonchev–Trinajstić information content (AvgIpc) is 2.92. The van der Waals surface area contributed by atoms with Gasteiger partial charge in [0.05, 0.1) is 32.2 Å². The van der Waals surface area contributed by atoms with E-state index in [9.17, 15) is 0 Å². The number of methoxy groups -OCH3 is 1. The molecule has 0 N–H and O–H groups in total. The maximum absolute atomic E-state index is 6.06. The van der Waals surface area contributed by atoms with E-state index in [0.717, 1.165) is 51.7 Å². The quantitative estimate of drug-likeness (QED) is 0.830. The molecule has 1 spiro atoms. The molecule has 0 saturated carbocycles. The smallest absolute Gasteiger partial charge is 0.118 e. The lowest BCUT2D eigenvalue weighted by molar-refractivity contribution is 0.0107. The molecule has 0 bridgehead atoms. The molecule has 1 aromatic heterocycles. The lowest BCUT2D eigenvalue weighted by atomic mass is 9.80. The molecule has 2 fully saturated rings. The number of anilines is 1. The molecule has 0 aliphatic carbocycles. The van der Waals surface area contributed by atoms with E-state index in [-0.39, 0.29) is 5.41 Å². The molecule has 0 radical (unpaired) electrons. The molecule has 144 valence electrons. The van der Waals surface area contributed by atoms with E-state index in [2.05, 4.69) is 33.0 Å². The summed E-state index contributed by atoms with van der Waals surface area (Å²) in [5, 5.41) is 0. The van der Waals surface area contributed by atoms with Gasteiger partial charge in [0.25, 0.3) is 0 Å². The van der Waals surface area contributed by atoms with Gasteiger partial charge in [-0.25, -0.2) is 0 Å².